The molecule has 2 saturated heterocycles. The number of methoxy groups -OCH3 is 2. The standard InChI is InChI=1S/C38H50N2O11/c1-6-39-17-35(18-50-33(45)21-9-7-8-10-25(21)40-28(43)13-19(2)32(40)44)12-11-27(49-5)37-23-14-22-26(48-4)15-36(46,29(23)30(22)51-20(3)42)38(47,34(37)39)24(16-41)31(35)37/h7-10,19,22-24,26-27,29-31,34,41,46-47H,6,11-18H2,1-5H3/p+1. The second-order valence-corrected chi connectivity index (χ2v) is 16.6. The molecule has 2 aliphatic heterocycles. The van der Waals surface area contributed by atoms with Crippen molar-refractivity contribution in [3.63, 3.8) is 0 Å². The maximum Gasteiger partial charge on any atom is 0.340 e. The minimum Gasteiger partial charge on any atom is -0.462 e. The molecule has 1 aromatic carbocycles. The summed E-state index contributed by atoms with van der Waals surface area (Å²) in [6, 6.07) is 5.96. The van der Waals surface area contributed by atoms with Gasteiger partial charge in [0, 0.05) is 64.3 Å². The van der Waals surface area contributed by atoms with Crippen molar-refractivity contribution in [1.29, 1.82) is 0 Å². The van der Waals surface area contributed by atoms with E-state index >= 15 is 0 Å². The highest BCUT2D eigenvalue weighted by Crippen LogP contribution is 2.79. The quantitative estimate of drug-likeness (QED) is 0.203. The Morgan fingerprint density at radius 1 is 1.12 bits per heavy atom. The average Bonchev–Trinajstić information content (AvgIpc) is 3.61. The Balaban J connectivity index is 1.24. The number of likely N-dealkylation sites (N-methyl/N-ethyl adjacent to an activating group) is 1. The summed E-state index contributed by atoms with van der Waals surface area (Å²) in [7, 11) is 3.26. The first-order chi connectivity index (χ1) is 24.3. The maximum absolute atomic E-state index is 14.1. The molecule has 13 nitrogen and oxygen atoms in total. The molecule has 5 aliphatic carbocycles. The number of ether oxygens (including phenoxy) is 4. The highest BCUT2D eigenvalue weighted by atomic mass is 16.6. The Morgan fingerprint density at radius 2 is 1.86 bits per heavy atom. The molecule has 15 atom stereocenters. The number of benzene rings is 1. The predicted molar refractivity (Wildman–Crippen MR) is 178 cm³/mol. The largest absolute Gasteiger partial charge is 0.462 e. The van der Waals surface area contributed by atoms with Crippen LogP contribution in [0.1, 0.15) is 63.2 Å². The number of quaternary nitrogens is 1. The number of hydrogen-bond acceptors (Lipinski definition) is 11. The zero-order chi connectivity index (χ0) is 36.4. The first-order valence-corrected chi connectivity index (χ1v) is 18.6. The van der Waals surface area contributed by atoms with Gasteiger partial charge >= 0.3 is 11.9 Å². The van der Waals surface area contributed by atoms with E-state index in [9.17, 15) is 34.5 Å². The summed E-state index contributed by atoms with van der Waals surface area (Å²) in [5.41, 5.74) is -4.74. The number of esters is 2. The second kappa shape index (κ2) is 11.8. The summed E-state index contributed by atoms with van der Waals surface area (Å²) in [4.78, 5) is 54.6. The number of nitrogens with one attached hydrogen (secondary N) is 1. The van der Waals surface area contributed by atoms with E-state index in [4.69, 9.17) is 18.9 Å². The average molecular weight is 712 g/mol. The van der Waals surface area contributed by atoms with Crippen LogP contribution in [0.25, 0.3) is 0 Å². The van der Waals surface area contributed by atoms with Crippen LogP contribution >= 0.6 is 0 Å². The molecule has 4 N–H and O–H groups in total. The van der Waals surface area contributed by atoms with E-state index < -0.39 is 82.5 Å². The Labute approximate surface area is 297 Å². The molecule has 7 aliphatic rings. The van der Waals surface area contributed by atoms with Gasteiger partial charge in [-0.25, -0.2) is 9.69 Å². The van der Waals surface area contributed by atoms with Gasteiger partial charge in [-0.05, 0) is 50.2 Å². The van der Waals surface area contributed by atoms with E-state index in [0.717, 1.165) is 9.80 Å². The van der Waals surface area contributed by atoms with E-state index in [1.165, 1.54) is 6.92 Å². The maximum atomic E-state index is 14.1. The number of likely N-dealkylation sites (tertiary alicyclic amines) is 1. The fraction of sp³-hybridized carbons (Fsp3) is 0.737. The monoisotopic (exact) mass is 711 g/mol. The lowest BCUT2D eigenvalue weighted by Crippen LogP contribution is -3.23. The van der Waals surface area contributed by atoms with Gasteiger partial charge in [-0.2, -0.15) is 0 Å². The van der Waals surface area contributed by atoms with Crippen LogP contribution in [0.2, 0.25) is 0 Å². The molecule has 2 amide bonds. The zero-order valence-corrected chi connectivity index (χ0v) is 30.0. The minimum atomic E-state index is -1.81. The third-order valence-electron chi connectivity index (χ3n) is 14.9. The number of rotatable bonds is 9. The highest BCUT2D eigenvalue weighted by Gasteiger charge is 2.93. The van der Waals surface area contributed by atoms with Crippen molar-refractivity contribution in [3.05, 3.63) is 29.8 Å². The van der Waals surface area contributed by atoms with Gasteiger partial charge in [0.2, 0.25) is 11.8 Å². The molecule has 8 rings (SSSR count). The van der Waals surface area contributed by atoms with Crippen molar-refractivity contribution in [3.8, 4) is 0 Å². The number of para-hydroxylation sites is 1. The van der Waals surface area contributed by atoms with Gasteiger partial charge in [-0.1, -0.05) is 19.1 Å². The Hall–Kier alpha value is -2.94. The van der Waals surface area contributed by atoms with Crippen LogP contribution in [0, 0.1) is 46.3 Å². The fourth-order valence-electron chi connectivity index (χ4n) is 13.7. The van der Waals surface area contributed by atoms with Crippen LogP contribution in [-0.2, 0) is 33.3 Å². The lowest BCUT2D eigenvalue weighted by Gasteiger charge is -2.68. The zero-order valence-electron chi connectivity index (χ0n) is 30.0. The predicted octanol–water partition coefficient (Wildman–Crippen LogP) is 0.128. The second-order valence-electron chi connectivity index (χ2n) is 16.6. The molecule has 0 aromatic heterocycles. The summed E-state index contributed by atoms with van der Waals surface area (Å²) in [5, 5.41) is 38.1. The Morgan fingerprint density at radius 3 is 2.49 bits per heavy atom. The number of imide groups is 1. The molecular formula is C38H51N2O11+. The van der Waals surface area contributed by atoms with Gasteiger partial charge in [0.15, 0.2) is 5.60 Å². The number of carbonyl (C=O) groups excluding carboxylic acids is 4. The van der Waals surface area contributed by atoms with Crippen molar-refractivity contribution in [2.24, 2.45) is 46.3 Å². The van der Waals surface area contributed by atoms with Crippen molar-refractivity contribution in [2.45, 2.75) is 88.4 Å². The topological polar surface area (TPSA) is 174 Å². The molecule has 13 heteroatoms. The van der Waals surface area contributed by atoms with Gasteiger partial charge in [0.05, 0.1) is 47.4 Å². The molecule has 15 unspecified atom stereocenters. The number of carbonyl (C=O) groups is 4. The number of aliphatic hydroxyl groups is 3. The van der Waals surface area contributed by atoms with Crippen LogP contribution in [-0.4, -0.2) is 115 Å². The van der Waals surface area contributed by atoms with Crippen LogP contribution < -0.4 is 9.80 Å². The van der Waals surface area contributed by atoms with E-state index in [0.29, 0.717) is 32.4 Å². The van der Waals surface area contributed by atoms with Gasteiger partial charge in [-0.3, -0.25) is 14.4 Å². The SMILES string of the molecule is CC[NH+]1CC2(COC(=O)c3ccccc3N3C(=O)CC(C)C3=O)CCC(OC)C34C5CC6C(OC)CC(O)(C5C6OC(C)=O)C(O)(C(CO)C23)C14. The lowest BCUT2D eigenvalue weighted by molar-refractivity contribution is -0.956. The summed E-state index contributed by atoms with van der Waals surface area (Å²) >= 11 is 0. The molecule has 7 bridgehead atoms. The number of hydrogen-bond donors (Lipinski definition) is 4. The van der Waals surface area contributed by atoms with Crippen molar-refractivity contribution in [2.75, 3.05) is 45.4 Å². The number of fused-ring (bicyclic) bond motifs is 2. The summed E-state index contributed by atoms with van der Waals surface area (Å²) in [6.45, 7) is 5.78. The number of nitrogens with zero attached hydrogens (tertiary/aromatic N) is 1. The van der Waals surface area contributed by atoms with E-state index in [2.05, 4.69) is 0 Å². The van der Waals surface area contributed by atoms with Gasteiger partial charge < -0.3 is 39.2 Å². The first kappa shape index (κ1) is 35.1. The van der Waals surface area contributed by atoms with E-state index in [1.807, 2.05) is 6.92 Å². The summed E-state index contributed by atoms with van der Waals surface area (Å²) in [5.74, 6) is -4.64. The Kier molecular flexibility index (Phi) is 8.11. The number of aliphatic hydroxyl groups excluding tert-OH is 1. The van der Waals surface area contributed by atoms with Crippen molar-refractivity contribution >= 4 is 29.4 Å². The van der Waals surface area contributed by atoms with Crippen molar-refractivity contribution in [1.82, 2.24) is 0 Å². The normalized spacial score (nSPS) is 47.5. The number of anilines is 1. The lowest BCUT2D eigenvalue weighted by atomic mass is 9.42. The molecule has 5 saturated carbocycles. The molecule has 1 aromatic rings. The first-order valence-electron chi connectivity index (χ1n) is 18.6. The molecule has 51 heavy (non-hydrogen) atoms. The third-order valence-corrected chi connectivity index (χ3v) is 14.9. The molecule has 1 spiro atoms. The number of amides is 2. The Bertz CT molecular complexity index is 1650. The van der Waals surface area contributed by atoms with E-state index in [1.54, 1.807) is 45.4 Å². The summed E-state index contributed by atoms with van der Waals surface area (Å²) < 4.78 is 24.7. The highest BCUT2D eigenvalue weighted by molar-refractivity contribution is 6.22. The van der Waals surface area contributed by atoms with Crippen LogP contribution in [0.15, 0.2) is 24.3 Å². The smallest absolute Gasteiger partial charge is 0.340 e. The van der Waals surface area contributed by atoms with Crippen LogP contribution in [0.4, 0.5) is 5.69 Å². The summed E-state index contributed by atoms with van der Waals surface area (Å²) in [6.07, 6.45) is 0.475. The molecular weight excluding hydrogens is 660 g/mol. The number of piperidine rings is 1. The molecule has 278 valence electrons. The van der Waals surface area contributed by atoms with E-state index in [-0.39, 0.29) is 60.5 Å². The fourth-order valence-corrected chi connectivity index (χ4v) is 13.7. The van der Waals surface area contributed by atoms with Gasteiger partial charge in [0.25, 0.3) is 0 Å². The van der Waals surface area contributed by atoms with Crippen LogP contribution in [0.3, 0.4) is 0 Å². The van der Waals surface area contributed by atoms with Gasteiger partial charge in [-0.15, -0.1) is 0 Å². The van der Waals surface area contributed by atoms with Gasteiger partial charge in [0.1, 0.15) is 24.4 Å². The minimum absolute atomic E-state index is 0.0303. The molecule has 0 radical (unpaired) electrons. The third kappa shape index (κ3) is 4.19. The van der Waals surface area contributed by atoms with Crippen molar-refractivity contribution < 1.29 is 58.3 Å². The molecule has 7 fully saturated rings. The van der Waals surface area contributed by atoms with Crippen LogP contribution in [0.5, 0.6) is 0 Å². The molecule has 2 heterocycles.